The average Bonchev–Trinajstić information content (AvgIpc) is 2.71. The minimum atomic E-state index is 0.453. The maximum atomic E-state index is 5.89. The lowest BCUT2D eigenvalue weighted by Gasteiger charge is -2.09. The van der Waals surface area contributed by atoms with Crippen LogP contribution in [0.2, 0.25) is 5.15 Å². The average molecular weight is 252 g/mol. The van der Waals surface area contributed by atoms with Crippen LogP contribution in [-0.2, 0) is 13.6 Å². The molecule has 0 unspecified atom stereocenters. The van der Waals surface area contributed by atoms with E-state index in [2.05, 4.69) is 20.6 Å². The summed E-state index contributed by atoms with van der Waals surface area (Å²) in [4.78, 5) is 0. The van der Waals surface area contributed by atoms with E-state index < -0.39 is 0 Å². The van der Waals surface area contributed by atoms with E-state index in [9.17, 15) is 0 Å². The Morgan fingerprint density at radius 1 is 1.29 bits per heavy atom. The number of hydrogen-bond acceptors (Lipinski definition) is 4. The van der Waals surface area contributed by atoms with E-state index in [-0.39, 0.29) is 0 Å². The number of nitrogens with one attached hydrogen (secondary N) is 1. The normalized spacial score (nSPS) is 10.6. The molecule has 2 heterocycles. The molecule has 6 heteroatoms. The van der Waals surface area contributed by atoms with Crippen molar-refractivity contribution in [1.82, 2.24) is 20.0 Å². The van der Waals surface area contributed by atoms with Crippen molar-refractivity contribution in [1.29, 1.82) is 0 Å². The lowest BCUT2D eigenvalue weighted by atomic mass is 10.2. The molecule has 5 nitrogen and oxygen atoms in total. The Morgan fingerprint density at radius 2 is 2.06 bits per heavy atom. The number of nitrogens with zero attached hydrogens (tertiary/aromatic N) is 4. The quantitative estimate of drug-likeness (QED) is 0.908. The molecule has 2 rings (SSSR count). The lowest BCUT2D eigenvalue weighted by molar-refractivity contribution is 0.767. The predicted molar refractivity (Wildman–Crippen MR) is 67.1 cm³/mol. The molecular formula is C11H14ClN5. The van der Waals surface area contributed by atoms with E-state index in [0.29, 0.717) is 11.7 Å². The van der Waals surface area contributed by atoms with Crippen molar-refractivity contribution >= 4 is 17.4 Å². The van der Waals surface area contributed by atoms with Crippen molar-refractivity contribution < 1.29 is 0 Å². The van der Waals surface area contributed by atoms with E-state index in [1.807, 2.05) is 33.3 Å². The number of halogens is 1. The predicted octanol–water partition coefficient (Wildman–Crippen LogP) is 2.09. The summed E-state index contributed by atoms with van der Waals surface area (Å²) < 4.78 is 1.77. The Morgan fingerprint density at radius 3 is 2.71 bits per heavy atom. The molecule has 0 radical (unpaired) electrons. The van der Waals surface area contributed by atoms with Gasteiger partial charge in [-0.05, 0) is 25.0 Å². The van der Waals surface area contributed by atoms with Crippen LogP contribution in [0.4, 0.5) is 5.82 Å². The molecule has 0 bridgehead atoms. The third kappa shape index (κ3) is 2.55. The van der Waals surface area contributed by atoms with Crippen LogP contribution >= 0.6 is 11.6 Å². The zero-order valence-corrected chi connectivity index (χ0v) is 10.8. The summed E-state index contributed by atoms with van der Waals surface area (Å²) in [6, 6.07) is 0. The molecule has 0 atom stereocenters. The van der Waals surface area contributed by atoms with Crippen LogP contribution in [0.3, 0.4) is 0 Å². The number of hydrogen-bond donors (Lipinski definition) is 1. The van der Waals surface area contributed by atoms with Crippen LogP contribution in [-0.4, -0.2) is 20.0 Å². The first kappa shape index (κ1) is 11.9. The topological polar surface area (TPSA) is 55.6 Å². The Hall–Kier alpha value is -1.62. The maximum Gasteiger partial charge on any atom is 0.155 e. The molecule has 2 aromatic rings. The smallest absolute Gasteiger partial charge is 0.155 e. The Balaban J connectivity index is 2.12. The van der Waals surface area contributed by atoms with Gasteiger partial charge in [-0.25, -0.2) is 0 Å². The second kappa shape index (κ2) is 4.71. The molecule has 0 amide bonds. The summed E-state index contributed by atoms with van der Waals surface area (Å²) >= 11 is 5.89. The van der Waals surface area contributed by atoms with E-state index in [0.717, 1.165) is 22.5 Å². The van der Waals surface area contributed by atoms with Gasteiger partial charge >= 0.3 is 0 Å². The van der Waals surface area contributed by atoms with Crippen molar-refractivity contribution in [2.45, 2.75) is 20.4 Å². The molecule has 0 saturated carbocycles. The van der Waals surface area contributed by atoms with Gasteiger partial charge < -0.3 is 5.32 Å². The van der Waals surface area contributed by atoms with Gasteiger partial charge in [0, 0.05) is 25.4 Å². The van der Waals surface area contributed by atoms with Crippen LogP contribution < -0.4 is 5.32 Å². The fourth-order valence-corrected chi connectivity index (χ4v) is 1.67. The van der Waals surface area contributed by atoms with Crippen molar-refractivity contribution in [2.24, 2.45) is 7.05 Å². The molecule has 90 valence electrons. The minimum Gasteiger partial charge on any atom is -0.364 e. The van der Waals surface area contributed by atoms with Crippen LogP contribution in [0.5, 0.6) is 0 Å². The third-order valence-corrected chi connectivity index (χ3v) is 3.04. The van der Waals surface area contributed by atoms with Gasteiger partial charge in [0.15, 0.2) is 11.0 Å². The third-order valence-electron chi connectivity index (χ3n) is 2.68. The highest BCUT2D eigenvalue weighted by molar-refractivity contribution is 6.30. The van der Waals surface area contributed by atoms with E-state index >= 15 is 0 Å². The summed E-state index contributed by atoms with van der Waals surface area (Å²) in [6.45, 7) is 4.58. The summed E-state index contributed by atoms with van der Waals surface area (Å²) in [7, 11) is 1.89. The molecule has 0 aliphatic rings. The summed E-state index contributed by atoms with van der Waals surface area (Å²) in [5, 5.41) is 15.7. The number of aromatic nitrogens is 4. The highest BCUT2D eigenvalue weighted by Crippen LogP contribution is 2.20. The number of anilines is 1. The molecule has 0 spiro atoms. The first-order valence-electron chi connectivity index (χ1n) is 5.28. The van der Waals surface area contributed by atoms with Gasteiger partial charge in [-0.2, -0.15) is 5.10 Å². The first-order valence-corrected chi connectivity index (χ1v) is 5.66. The van der Waals surface area contributed by atoms with Gasteiger partial charge in [0.05, 0.1) is 6.20 Å². The standard InChI is InChI=1S/C11H14ClN5/c1-7-8(2)11(16-15-10(7)12)13-4-9-5-14-17(3)6-9/h5-6H,4H2,1-3H3,(H,13,16). The summed E-state index contributed by atoms with van der Waals surface area (Å²) in [5.41, 5.74) is 3.07. The van der Waals surface area contributed by atoms with E-state index in [1.54, 1.807) is 4.68 Å². The van der Waals surface area contributed by atoms with Gasteiger partial charge in [-0.3, -0.25) is 4.68 Å². The lowest BCUT2D eigenvalue weighted by Crippen LogP contribution is -2.05. The van der Waals surface area contributed by atoms with Crippen LogP contribution in [0.1, 0.15) is 16.7 Å². The Bertz CT molecular complexity index is 535. The molecule has 0 aliphatic carbocycles. The molecule has 17 heavy (non-hydrogen) atoms. The number of aryl methyl sites for hydroxylation is 1. The number of rotatable bonds is 3. The monoisotopic (exact) mass is 251 g/mol. The Labute approximate surface area is 105 Å². The first-order chi connectivity index (χ1) is 8.08. The molecule has 2 aromatic heterocycles. The second-order valence-electron chi connectivity index (χ2n) is 3.97. The molecule has 1 N–H and O–H groups in total. The molecular weight excluding hydrogens is 238 g/mol. The van der Waals surface area contributed by atoms with Crippen molar-refractivity contribution in [3.8, 4) is 0 Å². The van der Waals surface area contributed by atoms with Crippen molar-refractivity contribution in [3.05, 3.63) is 34.2 Å². The molecule has 0 saturated heterocycles. The Kier molecular flexibility index (Phi) is 3.28. The summed E-state index contributed by atoms with van der Waals surface area (Å²) in [6.07, 6.45) is 3.77. The fraction of sp³-hybridized carbons (Fsp3) is 0.364. The zero-order valence-electron chi connectivity index (χ0n) is 10.0. The minimum absolute atomic E-state index is 0.453. The summed E-state index contributed by atoms with van der Waals surface area (Å²) in [5.74, 6) is 0.760. The van der Waals surface area contributed by atoms with Crippen molar-refractivity contribution in [2.75, 3.05) is 5.32 Å². The highest BCUT2D eigenvalue weighted by Gasteiger charge is 2.07. The van der Waals surface area contributed by atoms with Gasteiger partial charge in [-0.1, -0.05) is 11.6 Å². The van der Waals surface area contributed by atoms with Crippen LogP contribution in [0.15, 0.2) is 12.4 Å². The molecule has 0 aromatic carbocycles. The van der Waals surface area contributed by atoms with E-state index in [4.69, 9.17) is 11.6 Å². The van der Waals surface area contributed by atoms with Gasteiger partial charge in [0.2, 0.25) is 0 Å². The van der Waals surface area contributed by atoms with Gasteiger partial charge in [-0.15, -0.1) is 10.2 Å². The zero-order chi connectivity index (χ0) is 12.4. The SMILES string of the molecule is Cc1c(Cl)nnc(NCc2cnn(C)c2)c1C. The second-order valence-corrected chi connectivity index (χ2v) is 4.32. The molecule has 0 fully saturated rings. The van der Waals surface area contributed by atoms with Crippen molar-refractivity contribution in [3.63, 3.8) is 0 Å². The maximum absolute atomic E-state index is 5.89. The highest BCUT2D eigenvalue weighted by atomic mass is 35.5. The molecule has 0 aliphatic heterocycles. The van der Waals surface area contributed by atoms with E-state index in [1.165, 1.54) is 0 Å². The van der Waals surface area contributed by atoms with Crippen LogP contribution in [0, 0.1) is 13.8 Å². The van der Waals surface area contributed by atoms with Gasteiger partial charge in [0.1, 0.15) is 0 Å². The fourth-order valence-electron chi connectivity index (χ4n) is 1.49. The van der Waals surface area contributed by atoms with Gasteiger partial charge in [0.25, 0.3) is 0 Å². The van der Waals surface area contributed by atoms with Crippen LogP contribution in [0.25, 0.3) is 0 Å². The largest absolute Gasteiger partial charge is 0.364 e.